The van der Waals surface area contributed by atoms with Gasteiger partial charge in [-0.05, 0) is 44.9 Å². The summed E-state index contributed by atoms with van der Waals surface area (Å²) >= 11 is 0. The van der Waals surface area contributed by atoms with Crippen LogP contribution in [0.15, 0.2) is 55.1 Å². The molecule has 0 aliphatic heterocycles. The number of carbonyl (C=O) groups is 1. The Kier molecular flexibility index (Phi) is 8.36. The van der Waals surface area contributed by atoms with E-state index in [1.807, 2.05) is 0 Å². The molecular weight excluding hydrogens is 530 g/mol. The Balaban J connectivity index is 1.60. The average molecular weight is 563 g/mol. The minimum absolute atomic E-state index is 0.0653. The highest BCUT2D eigenvalue weighted by atomic mass is 31.2. The number of benzene rings is 1. The van der Waals surface area contributed by atoms with Crippen LogP contribution >= 0.6 is 7.75 Å². The van der Waals surface area contributed by atoms with E-state index in [2.05, 4.69) is 26.6 Å². The summed E-state index contributed by atoms with van der Waals surface area (Å²) in [5.41, 5.74) is 5.30. The molecule has 210 valence electrons. The van der Waals surface area contributed by atoms with Crippen molar-refractivity contribution in [1.82, 2.24) is 24.6 Å². The van der Waals surface area contributed by atoms with Crippen LogP contribution in [0.3, 0.4) is 0 Å². The van der Waals surface area contributed by atoms with Crippen LogP contribution in [0.25, 0.3) is 11.2 Å². The second-order valence-corrected chi connectivity index (χ2v) is 11.4. The molecule has 5 atom stereocenters. The zero-order chi connectivity index (χ0) is 28.4. The van der Waals surface area contributed by atoms with Gasteiger partial charge in [-0.1, -0.05) is 24.8 Å². The molecule has 39 heavy (non-hydrogen) atoms. The number of halogens is 1. The molecule has 1 aromatic carbocycles. The maximum Gasteiger partial charge on any atom is 0.459 e. The molecule has 1 fully saturated rings. The number of aromatic nitrogens is 4. The lowest BCUT2D eigenvalue weighted by molar-refractivity contribution is -0.149. The van der Waals surface area contributed by atoms with E-state index in [1.54, 1.807) is 48.7 Å². The van der Waals surface area contributed by atoms with Crippen LogP contribution < -0.4 is 15.3 Å². The summed E-state index contributed by atoms with van der Waals surface area (Å²) in [7, 11) is -4.31. The molecule has 1 aliphatic carbocycles. The number of aliphatic hydroxyl groups excluding tert-OH is 1. The van der Waals surface area contributed by atoms with E-state index in [0.29, 0.717) is 11.2 Å². The van der Waals surface area contributed by atoms with Gasteiger partial charge in [-0.3, -0.25) is 9.32 Å². The number of hydrogen-bond acceptors (Lipinski definition) is 10. The summed E-state index contributed by atoms with van der Waals surface area (Å²) in [5, 5.41) is 13.6. The molecule has 0 amide bonds. The molecule has 2 unspecified atom stereocenters. The first kappa shape index (κ1) is 28.6. The second kappa shape index (κ2) is 11.4. The molecule has 14 heteroatoms. The number of nitrogens with zero attached hydrogens (tertiary/aromatic N) is 4. The molecule has 0 spiro atoms. The smallest absolute Gasteiger partial charge is 0.459 e. The minimum Gasteiger partial charge on any atom is -0.462 e. The van der Waals surface area contributed by atoms with Crippen molar-refractivity contribution in [2.45, 2.75) is 51.5 Å². The number of carbonyl (C=O) groups excluding carboxylic acids is 1. The first-order valence-electron chi connectivity index (χ1n) is 12.3. The Bertz CT molecular complexity index is 1390. The van der Waals surface area contributed by atoms with Gasteiger partial charge >= 0.3 is 13.7 Å². The Morgan fingerprint density at radius 1 is 1.31 bits per heavy atom. The highest BCUT2D eigenvalue weighted by Gasteiger charge is 2.53. The Labute approximate surface area is 225 Å². The van der Waals surface area contributed by atoms with Gasteiger partial charge in [-0.25, -0.2) is 23.9 Å². The number of hydrogen-bond donors (Lipinski definition) is 3. The largest absolute Gasteiger partial charge is 0.462 e. The number of nitrogens with one attached hydrogen (secondary N) is 1. The summed E-state index contributed by atoms with van der Waals surface area (Å²) in [6, 6.07) is 6.48. The number of esters is 1. The third-order valence-corrected chi connectivity index (χ3v) is 8.23. The normalized spacial score (nSPS) is 23.6. The SMILES string of the molecule is C=C1[C@@H](n2cnc3c(N)ncnc32)C[C@H](O)[C@@]1(CF)COP(=O)(NC(C)C(=O)OC(C)C)Oc1ccccc1. The van der Waals surface area contributed by atoms with Crippen molar-refractivity contribution in [3.8, 4) is 5.75 Å². The van der Waals surface area contributed by atoms with Gasteiger partial charge in [0, 0.05) is 0 Å². The molecule has 2 aromatic heterocycles. The van der Waals surface area contributed by atoms with Gasteiger partial charge in [0.2, 0.25) is 0 Å². The first-order chi connectivity index (χ1) is 18.5. The molecule has 3 aromatic rings. The van der Waals surface area contributed by atoms with E-state index in [-0.39, 0.29) is 23.6 Å². The number of nitrogen functional groups attached to an aromatic ring is 1. The molecular formula is C25H32FN6O6P. The lowest BCUT2D eigenvalue weighted by atomic mass is 9.83. The van der Waals surface area contributed by atoms with Crippen molar-refractivity contribution in [3.63, 3.8) is 0 Å². The van der Waals surface area contributed by atoms with Crippen molar-refractivity contribution in [1.29, 1.82) is 0 Å². The Hall–Kier alpha value is -3.38. The maximum absolute atomic E-state index is 14.8. The quantitative estimate of drug-likeness (QED) is 0.178. The van der Waals surface area contributed by atoms with Crippen LogP contribution in [0.5, 0.6) is 5.75 Å². The van der Waals surface area contributed by atoms with Crippen LogP contribution in [0.1, 0.15) is 33.2 Å². The zero-order valence-corrected chi connectivity index (χ0v) is 22.8. The fourth-order valence-corrected chi connectivity index (χ4v) is 6.00. The molecule has 1 saturated carbocycles. The predicted octanol–water partition coefficient (Wildman–Crippen LogP) is 3.36. The van der Waals surface area contributed by atoms with Gasteiger partial charge in [0.15, 0.2) is 11.5 Å². The molecule has 1 aliphatic rings. The summed E-state index contributed by atoms with van der Waals surface area (Å²) in [6.07, 6.45) is 1.16. The summed E-state index contributed by atoms with van der Waals surface area (Å²) in [6.45, 7) is 7.25. The number of rotatable bonds is 11. The van der Waals surface area contributed by atoms with E-state index in [0.717, 1.165) is 0 Å². The molecule has 0 bridgehead atoms. The fraction of sp³-hybridized carbons (Fsp3) is 0.440. The number of para-hydroxylation sites is 1. The minimum atomic E-state index is -4.31. The van der Waals surface area contributed by atoms with Crippen LogP contribution in [-0.4, -0.2) is 62.1 Å². The second-order valence-electron chi connectivity index (χ2n) is 9.68. The van der Waals surface area contributed by atoms with Gasteiger partial charge in [-0.2, -0.15) is 5.09 Å². The lowest BCUT2D eigenvalue weighted by Crippen LogP contribution is -2.41. The van der Waals surface area contributed by atoms with Gasteiger partial charge in [-0.15, -0.1) is 0 Å². The van der Waals surface area contributed by atoms with E-state index in [4.69, 9.17) is 19.5 Å². The topological polar surface area (TPSA) is 164 Å². The molecule has 4 rings (SSSR count). The van der Waals surface area contributed by atoms with Crippen molar-refractivity contribution >= 4 is 30.7 Å². The standard InChI is InChI=1S/C25H32FN6O6P/c1-15(2)37-24(34)17(4)31-39(35,38-18-8-6-5-7-9-18)36-12-25(11-26)16(3)19(10-20(25)33)32-14-30-21-22(27)28-13-29-23(21)32/h5-9,13-15,17,19-20,33H,3,10-12H2,1-2,4H3,(H,31,35)(H2,27,28,29)/t17?,19-,20-,25-,39?/m0/s1. The van der Waals surface area contributed by atoms with Crippen molar-refractivity contribution in [2.75, 3.05) is 19.0 Å². The highest BCUT2D eigenvalue weighted by molar-refractivity contribution is 7.52. The monoisotopic (exact) mass is 562 g/mol. The first-order valence-corrected chi connectivity index (χ1v) is 13.9. The van der Waals surface area contributed by atoms with Crippen LogP contribution in [0, 0.1) is 5.41 Å². The maximum atomic E-state index is 14.8. The van der Waals surface area contributed by atoms with Crippen LogP contribution in [0.2, 0.25) is 0 Å². The number of anilines is 1. The van der Waals surface area contributed by atoms with Gasteiger partial charge in [0.05, 0.1) is 36.6 Å². The Morgan fingerprint density at radius 2 is 2.03 bits per heavy atom. The summed E-state index contributed by atoms with van der Waals surface area (Å²) < 4.78 is 46.9. The van der Waals surface area contributed by atoms with E-state index >= 15 is 0 Å². The molecule has 12 nitrogen and oxygen atoms in total. The molecule has 4 N–H and O–H groups in total. The van der Waals surface area contributed by atoms with Crippen LogP contribution in [0.4, 0.5) is 10.2 Å². The molecule has 0 radical (unpaired) electrons. The summed E-state index contributed by atoms with van der Waals surface area (Å²) in [5.74, 6) is -0.305. The Morgan fingerprint density at radius 3 is 2.69 bits per heavy atom. The molecule has 0 saturated heterocycles. The van der Waals surface area contributed by atoms with E-state index < -0.39 is 56.7 Å². The predicted molar refractivity (Wildman–Crippen MR) is 141 cm³/mol. The lowest BCUT2D eigenvalue weighted by Gasteiger charge is -2.33. The van der Waals surface area contributed by atoms with Gasteiger partial charge in [0.25, 0.3) is 0 Å². The highest BCUT2D eigenvalue weighted by Crippen LogP contribution is 2.53. The van der Waals surface area contributed by atoms with Crippen molar-refractivity contribution < 1.29 is 32.6 Å². The number of fused-ring (bicyclic) bond motifs is 1. The number of imidazole rings is 1. The number of nitrogens with two attached hydrogens (primary N) is 1. The van der Waals surface area contributed by atoms with E-state index in [9.17, 15) is 18.9 Å². The number of ether oxygens (including phenoxy) is 1. The summed E-state index contributed by atoms with van der Waals surface area (Å²) in [4.78, 5) is 24.8. The number of aliphatic hydroxyl groups is 1. The van der Waals surface area contributed by atoms with Gasteiger partial charge in [0.1, 0.15) is 30.3 Å². The zero-order valence-electron chi connectivity index (χ0n) is 21.9. The van der Waals surface area contributed by atoms with Crippen molar-refractivity contribution in [3.05, 3.63) is 55.1 Å². The average Bonchev–Trinajstić information content (AvgIpc) is 3.42. The van der Waals surface area contributed by atoms with Gasteiger partial charge < -0.3 is 24.7 Å². The van der Waals surface area contributed by atoms with E-state index in [1.165, 1.54) is 19.6 Å². The van der Waals surface area contributed by atoms with Crippen LogP contribution in [-0.2, 0) is 18.6 Å². The fourth-order valence-electron chi connectivity index (χ4n) is 4.44. The number of alkyl halides is 1. The molecule has 2 heterocycles. The van der Waals surface area contributed by atoms with Crippen molar-refractivity contribution in [2.24, 2.45) is 5.41 Å². The third kappa shape index (κ3) is 5.81. The third-order valence-electron chi connectivity index (χ3n) is 6.61.